The Balaban J connectivity index is 1.20. The third kappa shape index (κ3) is 3.09. The second-order valence-corrected chi connectivity index (χ2v) is 7.27. The van der Waals surface area contributed by atoms with Gasteiger partial charge in [0.05, 0.1) is 20.2 Å². The van der Waals surface area contributed by atoms with Crippen LogP contribution >= 0.6 is 0 Å². The maximum absolute atomic E-state index is 12.3. The lowest BCUT2D eigenvalue weighted by Crippen LogP contribution is -2.56. The number of hydrogen-bond donors (Lipinski definition) is 0. The first-order valence-corrected chi connectivity index (χ1v) is 9.04. The predicted octanol–water partition coefficient (Wildman–Crippen LogP) is 2.16. The number of hydrogen-bond acceptors (Lipinski definition) is 4. The summed E-state index contributed by atoms with van der Waals surface area (Å²) in [4.78, 5) is 16.8. The van der Waals surface area contributed by atoms with Gasteiger partial charge in [0.15, 0.2) is 11.5 Å². The quantitative estimate of drug-likeness (QED) is 0.802. The summed E-state index contributed by atoms with van der Waals surface area (Å²) in [5, 5.41) is 0. The number of amides is 1. The molecular formula is C19H26N2O3. The molecule has 5 nitrogen and oxygen atoms in total. The summed E-state index contributed by atoms with van der Waals surface area (Å²) < 4.78 is 11.2. The van der Waals surface area contributed by atoms with Gasteiger partial charge in [-0.15, -0.1) is 0 Å². The second-order valence-electron chi connectivity index (χ2n) is 7.27. The highest BCUT2D eigenvalue weighted by atomic mass is 16.5. The van der Waals surface area contributed by atoms with Gasteiger partial charge in [-0.2, -0.15) is 0 Å². The van der Waals surface area contributed by atoms with Crippen molar-refractivity contribution in [3.05, 3.63) is 24.3 Å². The molecule has 4 rings (SSSR count). The van der Waals surface area contributed by atoms with E-state index in [0.29, 0.717) is 19.5 Å². The van der Waals surface area contributed by atoms with Crippen molar-refractivity contribution >= 4 is 5.91 Å². The average molecular weight is 330 g/mol. The molecule has 2 aliphatic heterocycles. The summed E-state index contributed by atoms with van der Waals surface area (Å²) >= 11 is 0. The highest BCUT2D eigenvalue weighted by Gasteiger charge is 2.38. The Bertz CT molecular complexity index is 600. The van der Waals surface area contributed by atoms with Gasteiger partial charge in [0, 0.05) is 25.6 Å². The number of benzene rings is 1. The molecule has 1 aliphatic carbocycles. The first kappa shape index (κ1) is 15.8. The van der Waals surface area contributed by atoms with Crippen LogP contribution in [0, 0.1) is 5.92 Å². The van der Waals surface area contributed by atoms with Crippen molar-refractivity contribution in [2.75, 3.05) is 33.3 Å². The zero-order valence-corrected chi connectivity index (χ0v) is 14.3. The Morgan fingerprint density at radius 3 is 2.62 bits per heavy atom. The molecule has 0 radical (unpaired) electrons. The van der Waals surface area contributed by atoms with Crippen LogP contribution in [0.3, 0.4) is 0 Å². The molecule has 0 unspecified atom stereocenters. The van der Waals surface area contributed by atoms with E-state index in [0.717, 1.165) is 30.0 Å². The summed E-state index contributed by atoms with van der Waals surface area (Å²) in [6.07, 6.45) is 4.80. The monoisotopic (exact) mass is 330 g/mol. The van der Waals surface area contributed by atoms with Gasteiger partial charge in [0.2, 0.25) is 5.91 Å². The van der Waals surface area contributed by atoms with Crippen LogP contribution in [-0.2, 0) is 4.79 Å². The molecule has 0 N–H and O–H groups in total. The Morgan fingerprint density at radius 2 is 1.96 bits per heavy atom. The fourth-order valence-electron chi connectivity index (χ4n) is 4.31. The number of piperidine rings is 1. The van der Waals surface area contributed by atoms with Gasteiger partial charge in [-0.1, -0.05) is 12.1 Å². The number of fused-ring (bicyclic) bond motifs is 2. The smallest absolute Gasteiger partial charge is 0.224 e. The molecule has 0 aromatic heterocycles. The third-order valence-electron chi connectivity index (χ3n) is 5.70. The van der Waals surface area contributed by atoms with E-state index < -0.39 is 0 Å². The Morgan fingerprint density at radius 1 is 1.17 bits per heavy atom. The molecule has 1 saturated carbocycles. The number of rotatable bonds is 6. The van der Waals surface area contributed by atoms with Crippen LogP contribution in [-0.4, -0.2) is 61.1 Å². The maximum Gasteiger partial charge on any atom is 0.224 e. The summed E-state index contributed by atoms with van der Waals surface area (Å²) in [5.41, 5.74) is 0. The Labute approximate surface area is 143 Å². The van der Waals surface area contributed by atoms with Crippen molar-refractivity contribution in [3.63, 3.8) is 0 Å². The number of para-hydroxylation sites is 2. The fraction of sp³-hybridized carbons (Fsp3) is 0.632. The van der Waals surface area contributed by atoms with Gasteiger partial charge < -0.3 is 14.4 Å². The SMILES string of the molecule is COc1ccccc1OC1CN(C(=O)CCN2C[C@@H]3CC[C@H]2C3)C1. The lowest BCUT2D eigenvalue weighted by atomic mass is 10.1. The van der Waals surface area contributed by atoms with Crippen LogP contribution in [0.1, 0.15) is 25.7 Å². The molecule has 24 heavy (non-hydrogen) atoms. The first-order valence-electron chi connectivity index (χ1n) is 9.04. The molecule has 3 aliphatic rings. The van der Waals surface area contributed by atoms with Gasteiger partial charge in [0.1, 0.15) is 6.10 Å². The standard InChI is InChI=1S/C19H26N2O3/c1-23-17-4-2-3-5-18(17)24-16-12-21(13-16)19(22)8-9-20-11-14-6-7-15(20)10-14/h2-5,14-16H,6-13H2,1H3/t14-,15+/m1/s1. The van der Waals surface area contributed by atoms with E-state index in [4.69, 9.17) is 9.47 Å². The summed E-state index contributed by atoms with van der Waals surface area (Å²) in [7, 11) is 1.64. The minimum Gasteiger partial charge on any atom is -0.493 e. The van der Waals surface area contributed by atoms with Crippen molar-refractivity contribution in [3.8, 4) is 11.5 Å². The molecule has 0 spiro atoms. The predicted molar refractivity (Wildman–Crippen MR) is 91.3 cm³/mol. The molecule has 3 fully saturated rings. The van der Waals surface area contributed by atoms with E-state index >= 15 is 0 Å². The Hall–Kier alpha value is -1.75. The van der Waals surface area contributed by atoms with Gasteiger partial charge in [0.25, 0.3) is 0 Å². The molecule has 5 heteroatoms. The van der Waals surface area contributed by atoms with Crippen LogP contribution in [0.15, 0.2) is 24.3 Å². The molecule has 1 aromatic rings. The normalized spacial score (nSPS) is 26.5. The molecule has 2 bridgehead atoms. The first-order chi connectivity index (χ1) is 11.7. The number of likely N-dealkylation sites (tertiary alicyclic amines) is 2. The van der Waals surface area contributed by atoms with Gasteiger partial charge >= 0.3 is 0 Å². The van der Waals surface area contributed by atoms with E-state index in [2.05, 4.69) is 4.90 Å². The molecule has 1 amide bonds. The lowest BCUT2D eigenvalue weighted by Gasteiger charge is -2.39. The highest BCUT2D eigenvalue weighted by molar-refractivity contribution is 5.77. The molecule has 130 valence electrons. The number of ether oxygens (including phenoxy) is 2. The summed E-state index contributed by atoms with van der Waals surface area (Å²) in [6, 6.07) is 8.41. The number of carbonyl (C=O) groups is 1. The van der Waals surface area contributed by atoms with Gasteiger partial charge in [-0.25, -0.2) is 0 Å². The molecular weight excluding hydrogens is 304 g/mol. The number of methoxy groups -OCH3 is 1. The fourth-order valence-corrected chi connectivity index (χ4v) is 4.31. The van der Waals surface area contributed by atoms with Crippen LogP contribution in [0.2, 0.25) is 0 Å². The summed E-state index contributed by atoms with van der Waals surface area (Å²) in [5.74, 6) is 2.65. The molecule has 2 heterocycles. The topological polar surface area (TPSA) is 42.0 Å². The largest absolute Gasteiger partial charge is 0.493 e. The van der Waals surface area contributed by atoms with Crippen molar-refractivity contribution in [2.45, 2.75) is 37.8 Å². The zero-order valence-electron chi connectivity index (χ0n) is 14.3. The van der Waals surface area contributed by atoms with E-state index in [9.17, 15) is 4.79 Å². The van der Waals surface area contributed by atoms with Crippen molar-refractivity contribution in [1.82, 2.24) is 9.80 Å². The molecule has 2 atom stereocenters. The van der Waals surface area contributed by atoms with Crippen molar-refractivity contribution in [2.24, 2.45) is 5.92 Å². The van der Waals surface area contributed by atoms with Gasteiger partial charge in [-0.3, -0.25) is 9.69 Å². The van der Waals surface area contributed by atoms with E-state index in [1.54, 1.807) is 7.11 Å². The lowest BCUT2D eigenvalue weighted by molar-refractivity contribution is -0.140. The summed E-state index contributed by atoms with van der Waals surface area (Å²) in [6.45, 7) is 3.50. The van der Waals surface area contributed by atoms with Crippen LogP contribution in [0.4, 0.5) is 0 Å². The van der Waals surface area contributed by atoms with E-state index in [-0.39, 0.29) is 12.0 Å². The zero-order chi connectivity index (χ0) is 16.5. The average Bonchev–Trinajstić information content (AvgIpc) is 3.18. The highest BCUT2D eigenvalue weighted by Crippen LogP contribution is 2.37. The third-order valence-corrected chi connectivity index (χ3v) is 5.70. The van der Waals surface area contributed by atoms with Crippen molar-refractivity contribution < 1.29 is 14.3 Å². The minimum atomic E-state index is 0.0769. The van der Waals surface area contributed by atoms with Crippen LogP contribution in [0.25, 0.3) is 0 Å². The van der Waals surface area contributed by atoms with E-state index in [1.165, 1.54) is 25.8 Å². The molecule has 1 aromatic carbocycles. The van der Waals surface area contributed by atoms with Crippen molar-refractivity contribution in [1.29, 1.82) is 0 Å². The Kier molecular flexibility index (Phi) is 4.35. The van der Waals surface area contributed by atoms with E-state index in [1.807, 2.05) is 29.2 Å². The second kappa shape index (κ2) is 6.63. The maximum atomic E-state index is 12.3. The molecule has 2 saturated heterocycles. The number of nitrogens with zero attached hydrogens (tertiary/aromatic N) is 2. The van der Waals surface area contributed by atoms with Gasteiger partial charge in [-0.05, 0) is 37.3 Å². The number of carbonyl (C=O) groups excluding carboxylic acids is 1. The van der Waals surface area contributed by atoms with Crippen LogP contribution in [0.5, 0.6) is 11.5 Å². The van der Waals surface area contributed by atoms with Crippen LogP contribution < -0.4 is 9.47 Å². The minimum absolute atomic E-state index is 0.0769.